The fraction of sp³-hybridized carbons (Fsp3) is 0.111. The van der Waals surface area contributed by atoms with Crippen LogP contribution in [-0.2, 0) is 11.8 Å². The number of aryl methyl sites for hydroxylation is 1. The van der Waals surface area contributed by atoms with Crippen LogP contribution in [0.5, 0.6) is 0 Å². The quantitative estimate of drug-likeness (QED) is 0.755. The summed E-state index contributed by atoms with van der Waals surface area (Å²) in [4.78, 5) is 23.7. The van der Waals surface area contributed by atoms with Crippen molar-refractivity contribution >= 4 is 45.7 Å². The summed E-state index contributed by atoms with van der Waals surface area (Å²) in [5, 5.41) is 6.71. The molecule has 2 aromatic carbocycles. The van der Waals surface area contributed by atoms with Gasteiger partial charge in [-0.25, -0.2) is 0 Å². The van der Waals surface area contributed by atoms with Crippen LogP contribution in [0.25, 0.3) is 10.9 Å². The van der Waals surface area contributed by atoms with Gasteiger partial charge >= 0.3 is 0 Å². The Bertz CT molecular complexity index is 947. The standard InChI is InChI=1S/C18H16ClN3O2/c1-11(23)20-16-8-7-12(9-15(16)19)21-18(24)14-10-22(2)17-6-4-3-5-13(14)17/h3-10H,1-2H3,(H,20,23)(H,21,24). The average molecular weight is 342 g/mol. The van der Waals surface area contributed by atoms with Crippen LogP contribution in [0.15, 0.2) is 48.7 Å². The van der Waals surface area contributed by atoms with Crippen molar-refractivity contribution in [1.29, 1.82) is 0 Å². The first-order chi connectivity index (χ1) is 11.5. The maximum Gasteiger partial charge on any atom is 0.257 e. The number of rotatable bonds is 3. The molecule has 0 aliphatic rings. The summed E-state index contributed by atoms with van der Waals surface area (Å²) in [6.45, 7) is 1.41. The molecule has 2 amide bonds. The Labute approximate surface area is 144 Å². The second kappa shape index (κ2) is 6.37. The van der Waals surface area contributed by atoms with Gasteiger partial charge < -0.3 is 15.2 Å². The van der Waals surface area contributed by atoms with Crippen LogP contribution in [0, 0.1) is 0 Å². The van der Waals surface area contributed by atoms with Crippen molar-refractivity contribution in [1.82, 2.24) is 4.57 Å². The van der Waals surface area contributed by atoms with Crippen molar-refractivity contribution in [3.63, 3.8) is 0 Å². The van der Waals surface area contributed by atoms with Gasteiger partial charge in [-0.3, -0.25) is 9.59 Å². The van der Waals surface area contributed by atoms with Gasteiger partial charge in [0.25, 0.3) is 5.91 Å². The Hall–Kier alpha value is -2.79. The molecule has 6 heteroatoms. The highest BCUT2D eigenvalue weighted by Gasteiger charge is 2.14. The van der Waals surface area contributed by atoms with Crippen LogP contribution in [0.2, 0.25) is 5.02 Å². The third-order valence-corrected chi connectivity index (χ3v) is 3.99. The van der Waals surface area contributed by atoms with E-state index in [1.807, 2.05) is 35.9 Å². The molecule has 3 aromatic rings. The Morgan fingerprint density at radius 1 is 1.08 bits per heavy atom. The summed E-state index contributed by atoms with van der Waals surface area (Å²) in [5.41, 5.74) is 2.65. The van der Waals surface area contributed by atoms with E-state index in [0.717, 1.165) is 10.9 Å². The van der Waals surface area contributed by atoms with Crippen molar-refractivity contribution < 1.29 is 9.59 Å². The predicted molar refractivity (Wildman–Crippen MR) is 96.6 cm³/mol. The summed E-state index contributed by atoms with van der Waals surface area (Å²) in [5.74, 6) is -0.417. The van der Waals surface area contributed by atoms with E-state index in [-0.39, 0.29) is 11.8 Å². The molecule has 0 unspecified atom stereocenters. The molecule has 0 saturated heterocycles. The predicted octanol–water partition coefficient (Wildman–Crippen LogP) is 4.04. The van der Waals surface area contributed by atoms with Crippen LogP contribution < -0.4 is 10.6 Å². The van der Waals surface area contributed by atoms with Gasteiger partial charge in [-0.2, -0.15) is 0 Å². The minimum absolute atomic E-state index is 0.204. The van der Waals surface area contributed by atoms with E-state index in [1.54, 1.807) is 24.4 Å². The van der Waals surface area contributed by atoms with E-state index in [0.29, 0.717) is 22.0 Å². The van der Waals surface area contributed by atoms with Crippen molar-refractivity contribution in [2.45, 2.75) is 6.92 Å². The first-order valence-electron chi connectivity index (χ1n) is 7.38. The van der Waals surface area contributed by atoms with E-state index in [9.17, 15) is 9.59 Å². The van der Waals surface area contributed by atoms with E-state index >= 15 is 0 Å². The number of fused-ring (bicyclic) bond motifs is 1. The van der Waals surface area contributed by atoms with Crippen LogP contribution in [0.1, 0.15) is 17.3 Å². The molecule has 5 nitrogen and oxygen atoms in total. The number of benzene rings is 2. The van der Waals surface area contributed by atoms with Gasteiger partial charge in [-0.05, 0) is 24.3 Å². The minimum Gasteiger partial charge on any atom is -0.350 e. The third-order valence-electron chi connectivity index (χ3n) is 3.68. The molecule has 0 aliphatic heterocycles. The first kappa shape index (κ1) is 16.1. The zero-order chi connectivity index (χ0) is 17.3. The summed E-state index contributed by atoms with van der Waals surface area (Å²) in [7, 11) is 1.90. The topological polar surface area (TPSA) is 63.1 Å². The summed E-state index contributed by atoms with van der Waals surface area (Å²) < 4.78 is 1.91. The molecule has 0 bridgehead atoms. The minimum atomic E-state index is -0.213. The Kier molecular flexibility index (Phi) is 4.27. The SMILES string of the molecule is CC(=O)Nc1ccc(NC(=O)c2cn(C)c3ccccc23)cc1Cl. The van der Waals surface area contributed by atoms with Crippen molar-refractivity contribution in [2.24, 2.45) is 7.05 Å². The molecule has 3 rings (SSSR count). The lowest BCUT2D eigenvalue weighted by Crippen LogP contribution is -2.12. The van der Waals surface area contributed by atoms with Gasteiger partial charge in [0.1, 0.15) is 0 Å². The van der Waals surface area contributed by atoms with Gasteiger partial charge in [-0.1, -0.05) is 29.8 Å². The van der Waals surface area contributed by atoms with Crippen LogP contribution in [0.3, 0.4) is 0 Å². The number of hydrogen-bond acceptors (Lipinski definition) is 2. The number of nitrogens with zero attached hydrogens (tertiary/aromatic N) is 1. The van der Waals surface area contributed by atoms with E-state index in [4.69, 9.17) is 11.6 Å². The molecule has 0 radical (unpaired) electrons. The Morgan fingerprint density at radius 3 is 2.54 bits per heavy atom. The van der Waals surface area contributed by atoms with E-state index < -0.39 is 0 Å². The third kappa shape index (κ3) is 3.12. The second-order valence-electron chi connectivity index (χ2n) is 5.50. The number of nitrogens with one attached hydrogen (secondary N) is 2. The van der Waals surface area contributed by atoms with E-state index in [1.165, 1.54) is 6.92 Å². The largest absolute Gasteiger partial charge is 0.350 e. The smallest absolute Gasteiger partial charge is 0.257 e. The number of amides is 2. The monoisotopic (exact) mass is 341 g/mol. The molecule has 0 atom stereocenters. The number of aromatic nitrogens is 1. The molecule has 2 N–H and O–H groups in total. The van der Waals surface area contributed by atoms with E-state index in [2.05, 4.69) is 10.6 Å². The summed E-state index contributed by atoms with van der Waals surface area (Å²) in [6, 6.07) is 12.7. The Morgan fingerprint density at radius 2 is 1.83 bits per heavy atom. The molecule has 0 fully saturated rings. The maximum atomic E-state index is 12.6. The molecule has 0 spiro atoms. The lowest BCUT2D eigenvalue weighted by atomic mass is 10.1. The van der Waals surface area contributed by atoms with Gasteiger partial charge in [0, 0.05) is 36.8 Å². The van der Waals surface area contributed by atoms with Crippen molar-refractivity contribution in [2.75, 3.05) is 10.6 Å². The van der Waals surface area contributed by atoms with Crippen molar-refractivity contribution in [3.05, 3.63) is 59.2 Å². The number of para-hydroxylation sites is 1. The molecule has 1 aromatic heterocycles. The van der Waals surface area contributed by atoms with Crippen LogP contribution in [-0.4, -0.2) is 16.4 Å². The molecule has 0 aliphatic carbocycles. The molecule has 0 saturated carbocycles. The summed E-state index contributed by atoms with van der Waals surface area (Å²) in [6.07, 6.45) is 1.80. The van der Waals surface area contributed by atoms with Gasteiger partial charge in [-0.15, -0.1) is 0 Å². The highest BCUT2D eigenvalue weighted by Crippen LogP contribution is 2.27. The number of carbonyl (C=O) groups is 2. The molecular formula is C18H16ClN3O2. The molecule has 24 heavy (non-hydrogen) atoms. The zero-order valence-corrected chi connectivity index (χ0v) is 14.0. The van der Waals surface area contributed by atoms with Crippen molar-refractivity contribution in [3.8, 4) is 0 Å². The number of anilines is 2. The number of hydrogen-bond donors (Lipinski definition) is 2. The highest BCUT2D eigenvalue weighted by molar-refractivity contribution is 6.34. The van der Waals surface area contributed by atoms with Gasteiger partial charge in [0.2, 0.25) is 5.91 Å². The Balaban J connectivity index is 1.86. The zero-order valence-electron chi connectivity index (χ0n) is 13.3. The van der Waals surface area contributed by atoms with Gasteiger partial charge in [0.15, 0.2) is 0 Å². The lowest BCUT2D eigenvalue weighted by Gasteiger charge is -2.09. The molecule has 122 valence electrons. The van der Waals surface area contributed by atoms with Gasteiger partial charge in [0.05, 0.1) is 16.3 Å². The van der Waals surface area contributed by atoms with Crippen LogP contribution >= 0.6 is 11.6 Å². The normalized spacial score (nSPS) is 10.6. The fourth-order valence-electron chi connectivity index (χ4n) is 2.60. The van der Waals surface area contributed by atoms with Crippen LogP contribution in [0.4, 0.5) is 11.4 Å². The fourth-order valence-corrected chi connectivity index (χ4v) is 2.83. The molecule has 1 heterocycles. The first-order valence-corrected chi connectivity index (χ1v) is 7.76. The average Bonchev–Trinajstić information content (AvgIpc) is 2.87. The lowest BCUT2D eigenvalue weighted by molar-refractivity contribution is -0.114. The highest BCUT2D eigenvalue weighted by atomic mass is 35.5. The number of halogens is 1. The molecular weight excluding hydrogens is 326 g/mol. The maximum absolute atomic E-state index is 12.6. The second-order valence-corrected chi connectivity index (χ2v) is 5.91. The number of carbonyl (C=O) groups excluding carboxylic acids is 2. The summed E-state index contributed by atoms with van der Waals surface area (Å²) >= 11 is 6.13.